The first kappa shape index (κ1) is 17.8. The van der Waals surface area contributed by atoms with E-state index < -0.39 is 0 Å². The second-order valence-electron chi connectivity index (χ2n) is 9.74. The Hall–Kier alpha value is -1.22. The lowest BCUT2D eigenvalue weighted by Gasteiger charge is -2.58. The van der Waals surface area contributed by atoms with Crippen LogP contribution in [0.25, 0.3) is 0 Å². The van der Waals surface area contributed by atoms with Gasteiger partial charge in [0.15, 0.2) is 0 Å². The first-order valence-electron chi connectivity index (χ1n) is 11.2. The highest BCUT2D eigenvalue weighted by Crippen LogP contribution is 2.69. The normalized spacial score (nSPS) is 50.6. The molecule has 1 heterocycles. The van der Waals surface area contributed by atoms with Gasteiger partial charge in [0.2, 0.25) is 0 Å². The molecular formula is C24H33NO2. The average molecular weight is 368 g/mol. The highest BCUT2D eigenvalue weighted by molar-refractivity contribution is 5.28. The molecule has 0 N–H and O–H groups in total. The van der Waals surface area contributed by atoms with Crippen molar-refractivity contribution >= 4 is 0 Å². The van der Waals surface area contributed by atoms with Crippen LogP contribution in [0, 0.1) is 39.9 Å². The van der Waals surface area contributed by atoms with Crippen LogP contribution >= 0.6 is 0 Å². The van der Waals surface area contributed by atoms with E-state index >= 15 is 0 Å². The Morgan fingerprint density at radius 3 is 2.89 bits per heavy atom. The van der Waals surface area contributed by atoms with Gasteiger partial charge in [0, 0.05) is 5.41 Å². The fraction of sp³-hybridized carbons (Fsp3) is 0.750. The molecule has 5 unspecified atom stereocenters. The molecule has 0 bridgehead atoms. The molecule has 0 amide bonds. The summed E-state index contributed by atoms with van der Waals surface area (Å²) >= 11 is 0. The van der Waals surface area contributed by atoms with Crippen molar-refractivity contribution in [2.24, 2.45) is 40.2 Å². The molecular weight excluding hydrogens is 334 g/mol. The third-order valence-corrected chi connectivity index (χ3v) is 9.29. The Labute approximate surface area is 163 Å². The first-order valence-corrected chi connectivity index (χ1v) is 11.2. The summed E-state index contributed by atoms with van der Waals surface area (Å²) in [7, 11) is 0. The molecule has 27 heavy (non-hydrogen) atoms. The van der Waals surface area contributed by atoms with Crippen LogP contribution in [0.4, 0.5) is 0 Å². The zero-order valence-corrected chi connectivity index (χ0v) is 16.6. The predicted molar refractivity (Wildman–Crippen MR) is 108 cm³/mol. The minimum Gasteiger partial charge on any atom is -0.366 e. The summed E-state index contributed by atoms with van der Waals surface area (Å²) in [5.74, 6) is 3.45. The lowest BCUT2D eigenvalue weighted by Crippen LogP contribution is -2.55. The molecule has 0 saturated heterocycles. The molecule has 146 valence electrons. The number of ether oxygens (including phenoxy) is 1. The fourth-order valence-electron chi connectivity index (χ4n) is 8.28. The molecule has 5 rings (SSSR count). The molecule has 4 aliphatic carbocycles. The molecule has 3 fully saturated rings. The summed E-state index contributed by atoms with van der Waals surface area (Å²) in [4.78, 5) is 11.1. The van der Waals surface area contributed by atoms with E-state index in [0.717, 1.165) is 43.6 Å². The summed E-state index contributed by atoms with van der Waals surface area (Å²) in [5.41, 5.74) is 1.83. The molecule has 3 heteroatoms. The van der Waals surface area contributed by atoms with Crippen molar-refractivity contribution in [3.05, 3.63) is 41.4 Å². The van der Waals surface area contributed by atoms with E-state index in [2.05, 4.69) is 43.0 Å². The van der Waals surface area contributed by atoms with Gasteiger partial charge in [0.05, 0.1) is 12.2 Å². The molecule has 5 aliphatic rings. The van der Waals surface area contributed by atoms with Gasteiger partial charge in [-0.25, -0.2) is 0 Å². The highest BCUT2D eigenvalue weighted by Gasteiger charge is 2.65. The third kappa shape index (κ3) is 2.30. The number of hydrogen-bond donors (Lipinski definition) is 0. The van der Waals surface area contributed by atoms with Crippen molar-refractivity contribution in [3.63, 3.8) is 0 Å². The number of fused-ring (bicyclic) bond motifs is 6. The van der Waals surface area contributed by atoms with Crippen molar-refractivity contribution in [3.8, 4) is 0 Å². The lowest BCUT2D eigenvalue weighted by molar-refractivity contribution is -0.129. The minimum atomic E-state index is -0.0941. The summed E-state index contributed by atoms with van der Waals surface area (Å²) in [6, 6.07) is -0.0941. The number of hydrogen-bond acceptors (Lipinski definition) is 3. The van der Waals surface area contributed by atoms with Crippen molar-refractivity contribution in [1.82, 2.24) is 0 Å². The Morgan fingerprint density at radius 1 is 1.30 bits per heavy atom. The Balaban J connectivity index is 1.53. The molecule has 0 aromatic carbocycles. The number of nitroso groups, excluding NO2 is 1. The topological polar surface area (TPSA) is 38.7 Å². The molecule has 3 nitrogen and oxygen atoms in total. The summed E-state index contributed by atoms with van der Waals surface area (Å²) in [5, 5.41) is 3.34. The number of rotatable bonds is 3. The average Bonchev–Trinajstić information content (AvgIpc) is 3.33. The van der Waals surface area contributed by atoms with Crippen LogP contribution in [0.5, 0.6) is 0 Å². The zero-order valence-electron chi connectivity index (χ0n) is 16.6. The molecule has 1 spiro atoms. The maximum atomic E-state index is 11.1. The van der Waals surface area contributed by atoms with E-state index in [1.807, 2.05) is 0 Å². The van der Waals surface area contributed by atoms with Crippen molar-refractivity contribution in [1.29, 1.82) is 0 Å². The van der Waals surface area contributed by atoms with Crippen LogP contribution in [-0.2, 0) is 4.74 Å². The summed E-state index contributed by atoms with van der Waals surface area (Å²) < 4.78 is 6.45. The number of allylic oxidation sites excluding steroid dienone is 2. The van der Waals surface area contributed by atoms with E-state index in [1.54, 1.807) is 0 Å². The Morgan fingerprint density at radius 2 is 2.19 bits per heavy atom. The quantitative estimate of drug-likeness (QED) is 0.465. The van der Waals surface area contributed by atoms with Gasteiger partial charge in [-0.3, -0.25) is 0 Å². The second-order valence-corrected chi connectivity index (χ2v) is 9.74. The largest absolute Gasteiger partial charge is 0.366 e. The van der Waals surface area contributed by atoms with Gasteiger partial charge in [-0.1, -0.05) is 42.0 Å². The van der Waals surface area contributed by atoms with Crippen molar-refractivity contribution in [2.45, 2.75) is 69.9 Å². The molecule has 0 radical (unpaired) electrons. The van der Waals surface area contributed by atoms with Crippen LogP contribution in [0.15, 0.2) is 41.6 Å². The van der Waals surface area contributed by atoms with E-state index in [4.69, 9.17) is 4.74 Å². The molecule has 1 aliphatic heterocycles. The zero-order chi connectivity index (χ0) is 18.6. The van der Waals surface area contributed by atoms with E-state index in [1.165, 1.54) is 37.7 Å². The monoisotopic (exact) mass is 367 g/mol. The SMILES string of the molecule is C=CC1CC2=CC(N=O)CC[C@@H]2C2CC[C@@]3(CC)C(CC[C@@]34C=CCO4)C12. The molecule has 0 aromatic heterocycles. The van der Waals surface area contributed by atoms with Gasteiger partial charge < -0.3 is 4.74 Å². The summed E-state index contributed by atoms with van der Waals surface area (Å²) in [6.07, 6.45) is 18.6. The second kappa shape index (κ2) is 6.40. The maximum absolute atomic E-state index is 11.1. The summed E-state index contributed by atoms with van der Waals surface area (Å²) in [6.45, 7) is 7.44. The third-order valence-electron chi connectivity index (χ3n) is 9.29. The number of nitrogens with zero attached hydrogens (tertiary/aromatic N) is 1. The smallest absolute Gasteiger partial charge is 0.110 e. The fourth-order valence-corrected chi connectivity index (χ4v) is 8.28. The van der Waals surface area contributed by atoms with Gasteiger partial charge in [-0.15, -0.1) is 6.58 Å². The minimum absolute atomic E-state index is 0.00167. The lowest BCUT2D eigenvalue weighted by atomic mass is 9.47. The van der Waals surface area contributed by atoms with Crippen LogP contribution in [-0.4, -0.2) is 18.2 Å². The van der Waals surface area contributed by atoms with Gasteiger partial charge >= 0.3 is 0 Å². The van der Waals surface area contributed by atoms with Gasteiger partial charge in [0.1, 0.15) is 6.04 Å². The standard InChI is InChI=1S/C24H33NO2/c1-3-16-14-17-15-18(25-26)6-7-19(17)20-8-11-23(4-2)21(22(16)20)9-12-24(23)10-5-13-27-24/h3,5,10,15-16,18-22H,1,4,6-9,11-14H2,2H3/t16?,18?,19-,20?,21?,22?,23-,24-/m0/s1. The van der Waals surface area contributed by atoms with Gasteiger partial charge in [0.25, 0.3) is 0 Å². The predicted octanol–water partition coefficient (Wildman–Crippen LogP) is 5.82. The molecule has 8 atom stereocenters. The van der Waals surface area contributed by atoms with Crippen LogP contribution in [0.2, 0.25) is 0 Å². The van der Waals surface area contributed by atoms with Gasteiger partial charge in [-0.2, -0.15) is 4.91 Å². The van der Waals surface area contributed by atoms with Crippen LogP contribution < -0.4 is 0 Å². The maximum Gasteiger partial charge on any atom is 0.110 e. The van der Waals surface area contributed by atoms with Gasteiger partial charge in [-0.05, 0) is 81.0 Å². The van der Waals surface area contributed by atoms with Crippen molar-refractivity contribution < 1.29 is 4.74 Å². The molecule has 3 saturated carbocycles. The van der Waals surface area contributed by atoms with E-state index in [9.17, 15) is 4.91 Å². The van der Waals surface area contributed by atoms with Crippen LogP contribution in [0.1, 0.15) is 58.3 Å². The Kier molecular flexibility index (Phi) is 4.23. The van der Waals surface area contributed by atoms with E-state index in [0.29, 0.717) is 17.3 Å². The van der Waals surface area contributed by atoms with Crippen molar-refractivity contribution in [2.75, 3.05) is 6.61 Å². The Bertz CT molecular complexity index is 696. The molecule has 0 aromatic rings. The highest BCUT2D eigenvalue weighted by atomic mass is 16.5. The first-order chi connectivity index (χ1) is 13.2. The van der Waals surface area contributed by atoms with Crippen LogP contribution in [0.3, 0.4) is 0 Å². The van der Waals surface area contributed by atoms with E-state index in [-0.39, 0.29) is 11.6 Å².